The van der Waals surface area contributed by atoms with Crippen LogP contribution in [0.3, 0.4) is 0 Å². The van der Waals surface area contributed by atoms with E-state index in [1.165, 1.54) is 6.92 Å². The van der Waals surface area contributed by atoms with E-state index in [2.05, 4.69) is 12.2 Å². The summed E-state index contributed by atoms with van der Waals surface area (Å²) >= 11 is 0. The quantitative estimate of drug-likeness (QED) is 0.432. The molecule has 0 saturated carbocycles. The number of anilines is 1. The molecule has 1 heterocycles. The highest BCUT2D eigenvalue weighted by atomic mass is 16.6. The standard InChI is InChI=1S/C17H23NO4/c1-3-4-5-6-17(20)18-13-7-8-16(15(9-13)12(2)19)22-11-14-10-21-14/h7-9,14H,3-6,10-11H2,1-2H3,(H,18,20). The Morgan fingerprint density at radius 1 is 1.36 bits per heavy atom. The highest BCUT2D eigenvalue weighted by molar-refractivity contribution is 5.99. The van der Waals surface area contributed by atoms with Crippen molar-refractivity contribution in [2.75, 3.05) is 18.5 Å². The minimum Gasteiger partial charge on any atom is -0.490 e. The third-order valence-electron chi connectivity index (χ3n) is 3.48. The summed E-state index contributed by atoms with van der Waals surface area (Å²) in [4.78, 5) is 23.6. The summed E-state index contributed by atoms with van der Waals surface area (Å²) < 4.78 is 10.7. The largest absolute Gasteiger partial charge is 0.490 e. The summed E-state index contributed by atoms with van der Waals surface area (Å²) in [5.74, 6) is 0.420. The van der Waals surface area contributed by atoms with Crippen molar-refractivity contribution in [3.05, 3.63) is 23.8 Å². The minimum atomic E-state index is -0.0891. The van der Waals surface area contributed by atoms with Crippen molar-refractivity contribution in [2.24, 2.45) is 0 Å². The molecule has 1 N–H and O–H groups in total. The molecule has 1 aromatic carbocycles. The molecule has 1 aliphatic rings. The lowest BCUT2D eigenvalue weighted by Gasteiger charge is -2.11. The molecular weight excluding hydrogens is 282 g/mol. The Bertz CT molecular complexity index is 537. The van der Waals surface area contributed by atoms with Gasteiger partial charge in [-0.3, -0.25) is 9.59 Å². The summed E-state index contributed by atoms with van der Waals surface area (Å²) in [6, 6.07) is 5.15. The molecule has 1 fully saturated rings. The number of nitrogens with one attached hydrogen (secondary N) is 1. The predicted molar refractivity (Wildman–Crippen MR) is 84.5 cm³/mol. The molecule has 0 bridgehead atoms. The zero-order valence-electron chi connectivity index (χ0n) is 13.2. The van der Waals surface area contributed by atoms with E-state index in [1.807, 2.05) is 0 Å². The molecule has 1 unspecified atom stereocenters. The smallest absolute Gasteiger partial charge is 0.224 e. The minimum absolute atomic E-state index is 0.0250. The van der Waals surface area contributed by atoms with Crippen LogP contribution in [-0.4, -0.2) is 31.0 Å². The van der Waals surface area contributed by atoms with Crippen LogP contribution in [0.1, 0.15) is 49.9 Å². The normalized spacial score (nSPS) is 16.2. The molecule has 22 heavy (non-hydrogen) atoms. The van der Waals surface area contributed by atoms with Gasteiger partial charge in [0, 0.05) is 12.1 Å². The van der Waals surface area contributed by atoms with Crippen molar-refractivity contribution in [1.82, 2.24) is 0 Å². The predicted octanol–water partition coefficient (Wildman–Crippen LogP) is 3.19. The monoisotopic (exact) mass is 305 g/mol. The van der Waals surface area contributed by atoms with E-state index in [-0.39, 0.29) is 17.8 Å². The number of hydrogen-bond donors (Lipinski definition) is 1. The van der Waals surface area contributed by atoms with Gasteiger partial charge in [0.15, 0.2) is 5.78 Å². The summed E-state index contributed by atoms with van der Waals surface area (Å²) in [6.45, 7) is 4.75. The molecule has 1 amide bonds. The number of unbranched alkanes of at least 4 members (excludes halogenated alkanes) is 2. The van der Waals surface area contributed by atoms with Crippen LogP contribution in [0.5, 0.6) is 5.75 Å². The zero-order chi connectivity index (χ0) is 15.9. The average Bonchev–Trinajstić information content (AvgIpc) is 3.30. The van der Waals surface area contributed by atoms with Gasteiger partial charge in [-0.2, -0.15) is 0 Å². The summed E-state index contributed by atoms with van der Waals surface area (Å²) in [6.07, 6.45) is 3.64. The molecule has 1 aliphatic heterocycles. The van der Waals surface area contributed by atoms with Gasteiger partial charge in [0.1, 0.15) is 18.5 Å². The van der Waals surface area contributed by atoms with E-state index < -0.39 is 0 Å². The molecule has 0 spiro atoms. The Hall–Kier alpha value is -1.88. The highest BCUT2D eigenvalue weighted by Crippen LogP contribution is 2.25. The number of Topliss-reactive ketones (excluding diaryl/α,β-unsaturated/α-hetero) is 1. The first-order valence-corrected chi connectivity index (χ1v) is 7.79. The maximum absolute atomic E-state index is 11.8. The van der Waals surface area contributed by atoms with Crippen molar-refractivity contribution >= 4 is 17.4 Å². The number of hydrogen-bond acceptors (Lipinski definition) is 4. The molecule has 0 radical (unpaired) electrons. The average molecular weight is 305 g/mol. The summed E-state index contributed by atoms with van der Waals surface area (Å²) in [7, 11) is 0. The number of ether oxygens (including phenoxy) is 2. The van der Waals surface area contributed by atoms with Crippen LogP contribution in [0.25, 0.3) is 0 Å². The number of ketones is 1. The molecule has 5 nitrogen and oxygen atoms in total. The number of carbonyl (C=O) groups excluding carboxylic acids is 2. The van der Waals surface area contributed by atoms with Gasteiger partial charge >= 0.3 is 0 Å². The highest BCUT2D eigenvalue weighted by Gasteiger charge is 2.24. The van der Waals surface area contributed by atoms with Gasteiger partial charge in [0.05, 0.1) is 12.2 Å². The van der Waals surface area contributed by atoms with Gasteiger partial charge in [-0.05, 0) is 31.5 Å². The van der Waals surface area contributed by atoms with Crippen LogP contribution in [0.15, 0.2) is 18.2 Å². The van der Waals surface area contributed by atoms with Crippen molar-refractivity contribution in [2.45, 2.75) is 45.6 Å². The first-order valence-electron chi connectivity index (χ1n) is 7.79. The second-order valence-corrected chi connectivity index (χ2v) is 5.54. The lowest BCUT2D eigenvalue weighted by molar-refractivity contribution is -0.116. The second kappa shape index (κ2) is 7.94. The fourth-order valence-electron chi connectivity index (χ4n) is 2.11. The number of carbonyl (C=O) groups is 2. The third-order valence-corrected chi connectivity index (χ3v) is 3.48. The van der Waals surface area contributed by atoms with Gasteiger partial charge in [-0.25, -0.2) is 0 Å². The molecular formula is C17H23NO4. The lowest BCUT2D eigenvalue weighted by Crippen LogP contribution is -2.12. The van der Waals surface area contributed by atoms with Crippen molar-refractivity contribution < 1.29 is 19.1 Å². The van der Waals surface area contributed by atoms with Crippen molar-refractivity contribution in [1.29, 1.82) is 0 Å². The Labute approximate surface area is 131 Å². The fraction of sp³-hybridized carbons (Fsp3) is 0.529. The van der Waals surface area contributed by atoms with E-state index >= 15 is 0 Å². The Morgan fingerprint density at radius 2 is 2.14 bits per heavy atom. The van der Waals surface area contributed by atoms with E-state index in [0.29, 0.717) is 36.6 Å². The molecule has 2 rings (SSSR count). The first kappa shape index (κ1) is 16.5. The van der Waals surface area contributed by atoms with Crippen LogP contribution in [0, 0.1) is 0 Å². The van der Waals surface area contributed by atoms with Crippen molar-refractivity contribution in [3.8, 4) is 5.75 Å². The molecule has 0 aromatic heterocycles. The Morgan fingerprint density at radius 3 is 2.77 bits per heavy atom. The summed E-state index contributed by atoms with van der Waals surface area (Å²) in [5.41, 5.74) is 1.11. The molecule has 5 heteroatoms. The Kier molecular flexibility index (Phi) is 5.95. The topological polar surface area (TPSA) is 67.9 Å². The van der Waals surface area contributed by atoms with E-state index in [9.17, 15) is 9.59 Å². The van der Waals surface area contributed by atoms with Gasteiger partial charge in [-0.1, -0.05) is 19.8 Å². The van der Waals surface area contributed by atoms with Gasteiger partial charge in [0.25, 0.3) is 0 Å². The van der Waals surface area contributed by atoms with Crippen LogP contribution in [-0.2, 0) is 9.53 Å². The summed E-state index contributed by atoms with van der Waals surface area (Å²) in [5, 5.41) is 2.83. The number of amides is 1. The van der Waals surface area contributed by atoms with Crippen LogP contribution in [0.2, 0.25) is 0 Å². The number of rotatable bonds is 9. The maximum Gasteiger partial charge on any atom is 0.224 e. The SMILES string of the molecule is CCCCCC(=O)Nc1ccc(OCC2CO2)c(C(C)=O)c1. The van der Waals surface area contributed by atoms with Gasteiger partial charge in [-0.15, -0.1) is 0 Å². The van der Waals surface area contributed by atoms with E-state index in [1.54, 1.807) is 18.2 Å². The van der Waals surface area contributed by atoms with Gasteiger partial charge in [0.2, 0.25) is 5.91 Å². The third kappa shape index (κ3) is 5.15. The molecule has 0 aliphatic carbocycles. The molecule has 1 atom stereocenters. The number of benzene rings is 1. The molecule has 120 valence electrons. The molecule has 1 aromatic rings. The molecule has 1 saturated heterocycles. The van der Waals surface area contributed by atoms with E-state index in [0.717, 1.165) is 19.3 Å². The first-order chi connectivity index (χ1) is 10.6. The van der Waals surface area contributed by atoms with Crippen molar-refractivity contribution in [3.63, 3.8) is 0 Å². The zero-order valence-corrected chi connectivity index (χ0v) is 13.2. The van der Waals surface area contributed by atoms with Crippen LogP contribution in [0.4, 0.5) is 5.69 Å². The maximum atomic E-state index is 11.8. The number of epoxide rings is 1. The van der Waals surface area contributed by atoms with Crippen LogP contribution >= 0.6 is 0 Å². The van der Waals surface area contributed by atoms with E-state index in [4.69, 9.17) is 9.47 Å². The fourth-order valence-corrected chi connectivity index (χ4v) is 2.11. The Balaban J connectivity index is 1.97. The van der Waals surface area contributed by atoms with Crippen LogP contribution < -0.4 is 10.1 Å². The second-order valence-electron chi connectivity index (χ2n) is 5.54. The van der Waals surface area contributed by atoms with Gasteiger partial charge < -0.3 is 14.8 Å². The lowest BCUT2D eigenvalue weighted by atomic mass is 10.1.